The molecular formula is C15H21O2Si. The van der Waals surface area contributed by atoms with Crippen LogP contribution in [-0.4, -0.2) is 30.1 Å². The molecule has 0 bridgehead atoms. The molecule has 1 fully saturated rings. The van der Waals surface area contributed by atoms with Gasteiger partial charge in [-0.25, -0.2) is 0 Å². The van der Waals surface area contributed by atoms with E-state index in [0.29, 0.717) is 6.61 Å². The number of rotatable bonds is 7. The van der Waals surface area contributed by atoms with E-state index in [1.165, 1.54) is 11.1 Å². The average Bonchev–Trinajstić information content (AvgIpc) is 2.35. The molecule has 0 saturated carbocycles. The van der Waals surface area contributed by atoms with E-state index in [2.05, 4.69) is 41.4 Å². The van der Waals surface area contributed by atoms with Crippen molar-refractivity contribution in [3.8, 4) is 0 Å². The predicted octanol–water partition coefficient (Wildman–Crippen LogP) is 2.76. The molecule has 1 saturated heterocycles. The van der Waals surface area contributed by atoms with Gasteiger partial charge in [-0.1, -0.05) is 37.2 Å². The van der Waals surface area contributed by atoms with Crippen molar-refractivity contribution in [1.29, 1.82) is 0 Å². The maximum Gasteiger partial charge on any atom is 0.0717 e. The first-order valence-corrected chi connectivity index (χ1v) is 7.37. The van der Waals surface area contributed by atoms with Crippen molar-refractivity contribution in [2.24, 2.45) is 5.41 Å². The standard InChI is InChI=1S/C15H21O2Si/c1-2-15(11-17-12-15)10-16-9-14-5-3-13(4-6-14)7-8-18/h3-6H,2,7-12H2,1H3. The molecule has 0 spiro atoms. The van der Waals surface area contributed by atoms with E-state index in [9.17, 15) is 0 Å². The number of hydrogen-bond acceptors (Lipinski definition) is 2. The van der Waals surface area contributed by atoms with Gasteiger partial charge in [0.05, 0.1) is 26.4 Å². The Hall–Kier alpha value is -0.643. The summed E-state index contributed by atoms with van der Waals surface area (Å²) in [5.74, 6) is 0. The highest BCUT2D eigenvalue weighted by Gasteiger charge is 2.36. The predicted molar refractivity (Wildman–Crippen MR) is 73.9 cm³/mol. The lowest BCUT2D eigenvalue weighted by molar-refractivity contribution is -0.152. The molecule has 2 rings (SSSR count). The quantitative estimate of drug-likeness (QED) is 0.703. The first-order chi connectivity index (χ1) is 8.78. The topological polar surface area (TPSA) is 18.5 Å². The van der Waals surface area contributed by atoms with Crippen LogP contribution in [-0.2, 0) is 22.5 Å². The molecule has 0 amide bonds. The van der Waals surface area contributed by atoms with E-state index < -0.39 is 0 Å². The van der Waals surface area contributed by atoms with Crippen LogP contribution in [0, 0.1) is 5.41 Å². The van der Waals surface area contributed by atoms with Crippen LogP contribution in [0.25, 0.3) is 0 Å². The van der Waals surface area contributed by atoms with Gasteiger partial charge in [0.15, 0.2) is 0 Å². The number of aryl methyl sites for hydroxylation is 1. The van der Waals surface area contributed by atoms with Crippen LogP contribution < -0.4 is 0 Å². The molecule has 0 unspecified atom stereocenters. The van der Waals surface area contributed by atoms with Crippen molar-refractivity contribution in [3.63, 3.8) is 0 Å². The molecule has 1 heterocycles. The largest absolute Gasteiger partial charge is 0.380 e. The Balaban J connectivity index is 1.76. The summed E-state index contributed by atoms with van der Waals surface area (Å²) < 4.78 is 11.1. The lowest BCUT2D eigenvalue weighted by atomic mass is 9.84. The molecule has 1 aromatic rings. The van der Waals surface area contributed by atoms with E-state index in [4.69, 9.17) is 9.47 Å². The number of hydrogen-bond donors (Lipinski definition) is 0. The lowest BCUT2D eigenvalue weighted by Gasteiger charge is -2.40. The second kappa shape index (κ2) is 6.50. The van der Waals surface area contributed by atoms with Crippen molar-refractivity contribution in [2.75, 3.05) is 19.8 Å². The third-order valence-corrected chi connectivity index (χ3v) is 3.93. The van der Waals surface area contributed by atoms with Crippen LogP contribution in [0.1, 0.15) is 24.5 Å². The van der Waals surface area contributed by atoms with Gasteiger partial charge in [-0.3, -0.25) is 0 Å². The van der Waals surface area contributed by atoms with E-state index in [0.717, 1.165) is 38.7 Å². The lowest BCUT2D eigenvalue weighted by Crippen LogP contribution is -2.45. The highest BCUT2D eigenvalue weighted by atomic mass is 28.1. The fraction of sp³-hybridized carbons (Fsp3) is 0.600. The Kier molecular flexibility index (Phi) is 4.98. The van der Waals surface area contributed by atoms with Gasteiger partial charge in [-0.2, -0.15) is 0 Å². The normalized spacial score (nSPS) is 17.4. The summed E-state index contributed by atoms with van der Waals surface area (Å²) in [6.07, 6.45) is 2.21. The van der Waals surface area contributed by atoms with Crippen LogP contribution in [0.4, 0.5) is 0 Å². The summed E-state index contributed by atoms with van der Waals surface area (Å²) in [5, 5.41) is 0. The molecule has 3 radical (unpaired) electrons. The summed E-state index contributed by atoms with van der Waals surface area (Å²) in [7, 11) is 3.50. The molecule has 1 aliphatic heterocycles. The number of ether oxygens (including phenoxy) is 2. The second-order valence-electron chi connectivity index (χ2n) is 5.16. The zero-order valence-corrected chi connectivity index (χ0v) is 12.1. The molecule has 0 N–H and O–H groups in total. The molecule has 1 aromatic carbocycles. The van der Waals surface area contributed by atoms with Gasteiger partial charge in [0.25, 0.3) is 0 Å². The van der Waals surface area contributed by atoms with Gasteiger partial charge in [-0.15, -0.1) is 0 Å². The molecule has 1 aliphatic rings. The van der Waals surface area contributed by atoms with Crippen molar-refractivity contribution >= 4 is 10.2 Å². The van der Waals surface area contributed by atoms with Crippen LogP contribution in [0.15, 0.2) is 24.3 Å². The first kappa shape index (κ1) is 13.8. The smallest absolute Gasteiger partial charge is 0.0717 e. The van der Waals surface area contributed by atoms with Gasteiger partial charge in [0.2, 0.25) is 0 Å². The molecule has 0 atom stereocenters. The van der Waals surface area contributed by atoms with Gasteiger partial charge in [-0.05, 0) is 24.0 Å². The summed E-state index contributed by atoms with van der Waals surface area (Å²) >= 11 is 0. The molecule has 97 valence electrons. The Morgan fingerprint density at radius 2 is 1.89 bits per heavy atom. The van der Waals surface area contributed by atoms with Gasteiger partial charge in [0, 0.05) is 15.7 Å². The molecule has 0 aromatic heterocycles. The van der Waals surface area contributed by atoms with Crippen LogP contribution in [0.3, 0.4) is 0 Å². The Morgan fingerprint density at radius 1 is 1.22 bits per heavy atom. The fourth-order valence-corrected chi connectivity index (χ4v) is 2.40. The fourth-order valence-electron chi connectivity index (χ4n) is 2.11. The zero-order valence-electron chi connectivity index (χ0n) is 11.1. The molecule has 3 heteroatoms. The van der Waals surface area contributed by atoms with E-state index in [1.54, 1.807) is 0 Å². The average molecular weight is 261 g/mol. The minimum Gasteiger partial charge on any atom is -0.380 e. The Labute approximate surface area is 113 Å². The highest BCUT2D eigenvalue weighted by molar-refractivity contribution is 6.08. The zero-order chi connectivity index (χ0) is 12.8. The van der Waals surface area contributed by atoms with Gasteiger partial charge < -0.3 is 9.47 Å². The van der Waals surface area contributed by atoms with Crippen molar-refractivity contribution in [2.45, 2.75) is 32.4 Å². The summed E-state index contributed by atoms with van der Waals surface area (Å²) in [6.45, 7) is 5.43. The highest BCUT2D eigenvalue weighted by Crippen LogP contribution is 2.31. The summed E-state index contributed by atoms with van der Waals surface area (Å²) in [5.41, 5.74) is 2.90. The Bertz CT molecular complexity index is 352. The van der Waals surface area contributed by atoms with Crippen LogP contribution in [0.2, 0.25) is 6.04 Å². The van der Waals surface area contributed by atoms with Crippen molar-refractivity contribution < 1.29 is 9.47 Å². The third-order valence-electron chi connectivity index (χ3n) is 3.68. The maximum absolute atomic E-state index is 5.83. The second-order valence-corrected chi connectivity index (χ2v) is 5.66. The molecular weight excluding hydrogens is 240 g/mol. The van der Waals surface area contributed by atoms with Crippen molar-refractivity contribution in [1.82, 2.24) is 0 Å². The van der Waals surface area contributed by atoms with E-state index >= 15 is 0 Å². The summed E-state index contributed by atoms with van der Waals surface area (Å²) in [6, 6.07) is 9.69. The monoisotopic (exact) mass is 261 g/mol. The SMILES string of the molecule is CCC1(COCc2ccc(CC[Si])cc2)COC1. The summed E-state index contributed by atoms with van der Waals surface area (Å²) in [4.78, 5) is 0. The third kappa shape index (κ3) is 3.43. The molecule has 2 nitrogen and oxygen atoms in total. The van der Waals surface area contributed by atoms with Gasteiger partial charge in [0.1, 0.15) is 0 Å². The maximum atomic E-state index is 5.83. The van der Waals surface area contributed by atoms with E-state index in [-0.39, 0.29) is 5.41 Å². The van der Waals surface area contributed by atoms with Crippen LogP contribution >= 0.6 is 0 Å². The molecule has 18 heavy (non-hydrogen) atoms. The first-order valence-electron chi connectivity index (χ1n) is 6.66. The molecule has 0 aliphatic carbocycles. The Morgan fingerprint density at radius 3 is 2.39 bits per heavy atom. The minimum absolute atomic E-state index is 0.287. The van der Waals surface area contributed by atoms with E-state index in [1.807, 2.05) is 0 Å². The van der Waals surface area contributed by atoms with Crippen molar-refractivity contribution in [3.05, 3.63) is 35.4 Å². The number of benzene rings is 1. The van der Waals surface area contributed by atoms with Crippen LogP contribution in [0.5, 0.6) is 0 Å². The van der Waals surface area contributed by atoms with Gasteiger partial charge >= 0.3 is 0 Å². The minimum atomic E-state index is 0.287.